The Morgan fingerprint density at radius 2 is 2.17 bits per heavy atom. The van der Waals surface area contributed by atoms with Crippen molar-refractivity contribution in [2.45, 2.75) is 25.6 Å². The molecule has 1 aromatic rings. The van der Waals surface area contributed by atoms with Crippen molar-refractivity contribution in [3.8, 4) is 5.75 Å². The van der Waals surface area contributed by atoms with Crippen LogP contribution in [0, 0.1) is 6.92 Å². The van der Waals surface area contributed by atoms with E-state index in [0.29, 0.717) is 11.3 Å². The zero-order valence-electron chi connectivity index (χ0n) is 10.4. The number of aryl methyl sites for hydroxylation is 1. The molecule has 0 saturated carbocycles. The van der Waals surface area contributed by atoms with Crippen LogP contribution in [0.25, 0.3) is 10.4 Å². The van der Waals surface area contributed by atoms with Crippen molar-refractivity contribution in [2.75, 3.05) is 13.7 Å². The number of aliphatic hydroxyl groups is 2. The average molecular weight is 251 g/mol. The molecule has 0 heterocycles. The Morgan fingerprint density at radius 1 is 1.44 bits per heavy atom. The molecule has 0 bridgehead atoms. The van der Waals surface area contributed by atoms with Crippen LogP contribution in [0.1, 0.15) is 23.7 Å². The van der Waals surface area contributed by atoms with E-state index in [1.54, 1.807) is 19.2 Å². The van der Waals surface area contributed by atoms with E-state index in [1.165, 1.54) is 0 Å². The summed E-state index contributed by atoms with van der Waals surface area (Å²) >= 11 is 0. The summed E-state index contributed by atoms with van der Waals surface area (Å²) in [7, 11) is 1.54. The van der Waals surface area contributed by atoms with Gasteiger partial charge in [-0.1, -0.05) is 11.2 Å². The Balaban J connectivity index is 2.81. The summed E-state index contributed by atoms with van der Waals surface area (Å²) in [6.45, 7) is 2.00. The number of hydrogen-bond acceptors (Lipinski definition) is 4. The number of ether oxygens (including phenoxy) is 1. The van der Waals surface area contributed by atoms with E-state index in [1.807, 2.05) is 13.0 Å². The monoisotopic (exact) mass is 251 g/mol. The molecule has 0 aliphatic carbocycles. The lowest BCUT2D eigenvalue weighted by atomic mass is 9.97. The molecule has 6 heteroatoms. The first-order chi connectivity index (χ1) is 8.60. The number of nitrogens with zero attached hydrogens (tertiary/aromatic N) is 3. The van der Waals surface area contributed by atoms with E-state index in [4.69, 9.17) is 10.3 Å². The second kappa shape index (κ2) is 6.86. The Hall–Kier alpha value is -1.75. The molecule has 6 nitrogen and oxygen atoms in total. The first-order valence-corrected chi connectivity index (χ1v) is 5.61. The average Bonchev–Trinajstić information content (AvgIpc) is 2.38. The zero-order chi connectivity index (χ0) is 13.5. The third-order valence-electron chi connectivity index (χ3n) is 2.76. The predicted octanol–water partition coefficient (Wildman–Crippen LogP) is 2.10. The molecule has 2 N–H and O–H groups in total. The highest BCUT2D eigenvalue weighted by Crippen LogP contribution is 2.26. The minimum absolute atomic E-state index is 0.151. The third-order valence-corrected chi connectivity index (χ3v) is 2.76. The van der Waals surface area contributed by atoms with Crippen LogP contribution < -0.4 is 4.74 Å². The lowest BCUT2D eigenvalue weighted by Crippen LogP contribution is -2.20. The number of hydrogen-bond donors (Lipinski definition) is 2. The van der Waals surface area contributed by atoms with E-state index < -0.39 is 12.2 Å². The molecule has 0 amide bonds. The maximum atomic E-state index is 10.0. The van der Waals surface area contributed by atoms with Crippen LogP contribution in [-0.2, 0) is 0 Å². The summed E-state index contributed by atoms with van der Waals surface area (Å²) in [4.78, 5) is 2.60. The first kappa shape index (κ1) is 14.3. The number of rotatable bonds is 6. The Bertz CT molecular complexity index is 444. The summed E-state index contributed by atoms with van der Waals surface area (Å²) < 4.78 is 5.08. The van der Waals surface area contributed by atoms with E-state index in [-0.39, 0.29) is 13.0 Å². The van der Waals surface area contributed by atoms with Crippen LogP contribution in [0.3, 0.4) is 0 Å². The molecule has 0 aliphatic heterocycles. The molecule has 98 valence electrons. The van der Waals surface area contributed by atoms with Gasteiger partial charge >= 0.3 is 0 Å². The molecule has 0 fully saturated rings. The van der Waals surface area contributed by atoms with Crippen molar-refractivity contribution >= 4 is 0 Å². The molecular weight excluding hydrogens is 234 g/mol. The van der Waals surface area contributed by atoms with Gasteiger partial charge in [-0.25, -0.2) is 0 Å². The second-order valence-corrected chi connectivity index (χ2v) is 3.98. The quantitative estimate of drug-likeness (QED) is 0.460. The molecule has 1 aromatic carbocycles. The maximum Gasteiger partial charge on any atom is 0.119 e. The fourth-order valence-corrected chi connectivity index (χ4v) is 1.66. The molecule has 0 spiro atoms. The molecule has 1 rings (SSSR count). The number of benzene rings is 1. The van der Waals surface area contributed by atoms with Crippen LogP contribution in [0.2, 0.25) is 0 Å². The summed E-state index contributed by atoms with van der Waals surface area (Å²) in [6, 6.07) is 5.30. The van der Waals surface area contributed by atoms with Gasteiger partial charge in [0.2, 0.25) is 0 Å². The van der Waals surface area contributed by atoms with Crippen molar-refractivity contribution in [3.63, 3.8) is 0 Å². The smallest absolute Gasteiger partial charge is 0.119 e. The molecule has 2 atom stereocenters. The van der Waals surface area contributed by atoms with Gasteiger partial charge in [0.15, 0.2) is 0 Å². The standard InChI is InChI=1S/C12H17N3O3/c1-8-3-4-9(18-2)7-10(8)12(17)11(16)5-6-14-15-13/h3-4,7,11-12,16-17H,5-6H2,1-2H3. The van der Waals surface area contributed by atoms with Gasteiger partial charge in [0.1, 0.15) is 11.9 Å². The molecular formula is C12H17N3O3. The largest absolute Gasteiger partial charge is 0.497 e. The van der Waals surface area contributed by atoms with Gasteiger partial charge in [0.05, 0.1) is 13.2 Å². The Labute approximate surface area is 105 Å². The molecule has 0 radical (unpaired) electrons. The molecule has 0 aliphatic rings. The van der Waals surface area contributed by atoms with Crippen LogP contribution in [-0.4, -0.2) is 30.0 Å². The van der Waals surface area contributed by atoms with Crippen LogP contribution in [0.15, 0.2) is 23.3 Å². The van der Waals surface area contributed by atoms with Gasteiger partial charge in [-0.3, -0.25) is 0 Å². The normalized spacial score (nSPS) is 13.6. The van der Waals surface area contributed by atoms with Gasteiger partial charge in [-0.05, 0) is 42.1 Å². The zero-order valence-corrected chi connectivity index (χ0v) is 10.4. The highest BCUT2D eigenvalue weighted by Gasteiger charge is 2.20. The number of azide groups is 1. The highest BCUT2D eigenvalue weighted by atomic mass is 16.5. The summed E-state index contributed by atoms with van der Waals surface area (Å²) in [5, 5.41) is 23.2. The van der Waals surface area contributed by atoms with Gasteiger partial charge in [0, 0.05) is 11.5 Å². The van der Waals surface area contributed by atoms with Crippen molar-refractivity contribution < 1.29 is 14.9 Å². The van der Waals surface area contributed by atoms with Crippen LogP contribution in [0.4, 0.5) is 0 Å². The summed E-state index contributed by atoms with van der Waals surface area (Å²) in [5.74, 6) is 0.622. The Kier molecular flexibility index (Phi) is 5.45. The lowest BCUT2D eigenvalue weighted by molar-refractivity contribution is 0.0146. The van der Waals surface area contributed by atoms with E-state index in [9.17, 15) is 10.2 Å². The minimum atomic E-state index is -1.02. The fourth-order valence-electron chi connectivity index (χ4n) is 1.66. The van der Waals surface area contributed by atoms with Gasteiger partial charge in [-0.15, -0.1) is 0 Å². The van der Waals surface area contributed by atoms with Gasteiger partial charge < -0.3 is 14.9 Å². The molecule has 0 saturated heterocycles. The molecule has 18 heavy (non-hydrogen) atoms. The number of methoxy groups -OCH3 is 1. The first-order valence-electron chi connectivity index (χ1n) is 5.61. The minimum Gasteiger partial charge on any atom is -0.497 e. The van der Waals surface area contributed by atoms with Crippen molar-refractivity contribution in [3.05, 3.63) is 39.8 Å². The number of aliphatic hydroxyl groups excluding tert-OH is 2. The topological polar surface area (TPSA) is 98.5 Å². The highest BCUT2D eigenvalue weighted by molar-refractivity contribution is 5.36. The SMILES string of the molecule is COc1ccc(C)c(C(O)C(O)CCN=[N+]=[N-])c1. The van der Waals surface area contributed by atoms with Crippen molar-refractivity contribution in [1.82, 2.24) is 0 Å². The van der Waals surface area contributed by atoms with E-state index >= 15 is 0 Å². The fraction of sp³-hybridized carbons (Fsp3) is 0.500. The van der Waals surface area contributed by atoms with Gasteiger partial charge in [0.25, 0.3) is 0 Å². The molecule has 0 aromatic heterocycles. The van der Waals surface area contributed by atoms with Crippen molar-refractivity contribution in [1.29, 1.82) is 0 Å². The van der Waals surface area contributed by atoms with Crippen LogP contribution in [0.5, 0.6) is 5.75 Å². The third kappa shape index (κ3) is 3.63. The summed E-state index contributed by atoms with van der Waals surface area (Å²) in [6.07, 6.45) is -1.78. The van der Waals surface area contributed by atoms with Crippen molar-refractivity contribution in [2.24, 2.45) is 5.11 Å². The van der Waals surface area contributed by atoms with Gasteiger partial charge in [-0.2, -0.15) is 0 Å². The molecule has 2 unspecified atom stereocenters. The predicted molar refractivity (Wildman–Crippen MR) is 67.3 cm³/mol. The second-order valence-electron chi connectivity index (χ2n) is 3.98. The van der Waals surface area contributed by atoms with E-state index in [2.05, 4.69) is 10.0 Å². The maximum absolute atomic E-state index is 10.0. The van der Waals surface area contributed by atoms with E-state index in [0.717, 1.165) is 5.56 Å². The van der Waals surface area contributed by atoms with Crippen LogP contribution >= 0.6 is 0 Å². The summed E-state index contributed by atoms with van der Waals surface area (Å²) in [5.41, 5.74) is 9.63. The lowest BCUT2D eigenvalue weighted by Gasteiger charge is -2.19. The Morgan fingerprint density at radius 3 is 2.78 bits per heavy atom.